The number of aromatic nitrogens is 2. The van der Waals surface area contributed by atoms with Crippen LogP contribution in [0.3, 0.4) is 0 Å². The van der Waals surface area contributed by atoms with Gasteiger partial charge in [-0.05, 0) is 30.5 Å². The first-order chi connectivity index (χ1) is 9.69. The van der Waals surface area contributed by atoms with Crippen molar-refractivity contribution in [1.29, 1.82) is 0 Å². The van der Waals surface area contributed by atoms with Crippen LogP contribution in [0.5, 0.6) is 0 Å². The average Bonchev–Trinajstić information content (AvgIpc) is 2.47. The van der Waals surface area contributed by atoms with Gasteiger partial charge in [0.15, 0.2) is 0 Å². The number of allylic oxidation sites excluding steroid dienone is 2. The molecule has 0 aliphatic carbocycles. The molecule has 0 aliphatic heterocycles. The molecule has 1 heterocycles. The molecule has 0 radical (unpaired) electrons. The van der Waals surface area contributed by atoms with Gasteiger partial charge in [-0.15, -0.1) is 0 Å². The van der Waals surface area contributed by atoms with Crippen molar-refractivity contribution >= 4 is 16.5 Å². The minimum Gasteiger partial charge on any atom is -0.296 e. The van der Waals surface area contributed by atoms with Gasteiger partial charge in [0.05, 0.1) is 10.9 Å². The Kier molecular flexibility index (Phi) is 4.72. The van der Waals surface area contributed by atoms with Crippen LogP contribution in [0.1, 0.15) is 45.4 Å². The molecule has 0 aliphatic rings. The number of benzene rings is 1. The second-order valence-corrected chi connectivity index (χ2v) is 5.08. The van der Waals surface area contributed by atoms with E-state index in [1.54, 1.807) is 4.57 Å². The van der Waals surface area contributed by atoms with Crippen LogP contribution in [-0.2, 0) is 7.05 Å². The summed E-state index contributed by atoms with van der Waals surface area (Å²) in [7, 11) is 1.81. The molecule has 0 unspecified atom stereocenters. The minimum atomic E-state index is 0.0316. The van der Waals surface area contributed by atoms with Gasteiger partial charge in [-0.1, -0.05) is 44.9 Å². The van der Waals surface area contributed by atoms with Crippen molar-refractivity contribution in [3.63, 3.8) is 0 Å². The summed E-state index contributed by atoms with van der Waals surface area (Å²) in [5.74, 6) is 0.809. The van der Waals surface area contributed by atoms with Crippen molar-refractivity contribution < 1.29 is 0 Å². The van der Waals surface area contributed by atoms with E-state index >= 15 is 0 Å². The smallest absolute Gasteiger partial charge is 0.261 e. The average molecular weight is 270 g/mol. The zero-order chi connectivity index (χ0) is 14.5. The van der Waals surface area contributed by atoms with E-state index in [4.69, 9.17) is 4.98 Å². The summed E-state index contributed by atoms with van der Waals surface area (Å²) >= 11 is 0. The van der Waals surface area contributed by atoms with Gasteiger partial charge >= 0.3 is 0 Å². The molecule has 106 valence electrons. The van der Waals surface area contributed by atoms with Gasteiger partial charge in [0.1, 0.15) is 5.82 Å². The Morgan fingerprint density at radius 3 is 2.70 bits per heavy atom. The first-order valence-corrected chi connectivity index (χ1v) is 7.34. The number of hydrogen-bond donors (Lipinski definition) is 0. The molecule has 3 heteroatoms. The van der Waals surface area contributed by atoms with Crippen LogP contribution in [0.25, 0.3) is 16.5 Å². The molecule has 0 bridgehead atoms. The summed E-state index contributed by atoms with van der Waals surface area (Å²) in [4.78, 5) is 17.1. The third kappa shape index (κ3) is 2.82. The molecule has 0 saturated carbocycles. The lowest BCUT2D eigenvalue weighted by Gasteiger charge is -2.12. The van der Waals surface area contributed by atoms with Crippen LogP contribution in [-0.4, -0.2) is 9.55 Å². The molecule has 0 N–H and O–H groups in total. The van der Waals surface area contributed by atoms with Crippen LogP contribution in [0.15, 0.2) is 35.1 Å². The van der Waals surface area contributed by atoms with E-state index in [1.807, 2.05) is 31.3 Å². The van der Waals surface area contributed by atoms with E-state index < -0.39 is 0 Å². The molecule has 3 nitrogen and oxygen atoms in total. The highest BCUT2D eigenvalue weighted by Crippen LogP contribution is 2.20. The molecular formula is C17H22N2O. The zero-order valence-electron chi connectivity index (χ0n) is 12.5. The molecule has 0 fully saturated rings. The fourth-order valence-electron chi connectivity index (χ4n) is 2.40. The fourth-order valence-corrected chi connectivity index (χ4v) is 2.40. The first-order valence-electron chi connectivity index (χ1n) is 7.34. The molecule has 0 atom stereocenters. The Morgan fingerprint density at radius 1 is 1.25 bits per heavy atom. The molecular weight excluding hydrogens is 248 g/mol. The predicted octanol–water partition coefficient (Wildman–Crippen LogP) is 3.92. The van der Waals surface area contributed by atoms with Crippen LogP contribution < -0.4 is 5.56 Å². The van der Waals surface area contributed by atoms with Gasteiger partial charge in [0.25, 0.3) is 5.56 Å². The molecule has 0 spiro atoms. The summed E-state index contributed by atoms with van der Waals surface area (Å²) in [6.45, 7) is 4.31. The topological polar surface area (TPSA) is 34.9 Å². The molecule has 2 aromatic rings. The van der Waals surface area contributed by atoms with Crippen LogP contribution >= 0.6 is 0 Å². The summed E-state index contributed by atoms with van der Waals surface area (Å²) < 4.78 is 1.68. The summed E-state index contributed by atoms with van der Waals surface area (Å²) in [6.07, 6.45) is 6.36. The Labute approximate surface area is 120 Å². The Balaban J connectivity index is 2.63. The standard InChI is InChI=1S/C17H22N2O/c1-4-6-10-13(9-5-2)16-18-15-12-8-7-11-14(15)17(20)19(16)3/h7-8,10-12H,4-6,9H2,1-3H3/b13-10-. The maximum atomic E-state index is 12.4. The van der Waals surface area contributed by atoms with Crippen LogP contribution in [0.2, 0.25) is 0 Å². The summed E-state index contributed by atoms with van der Waals surface area (Å²) in [5, 5.41) is 0.685. The minimum absolute atomic E-state index is 0.0316. The maximum absolute atomic E-state index is 12.4. The van der Waals surface area contributed by atoms with Crippen molar-refractivity contribution in [3.8, 4) is 0 Å². The predicted molar refractivity (Wildman–Crippen MR) is 84.8 cm³/mol. The highest BCUT2D eigenvalue weighted by molar-refractivity contribution is 5.79. The normalized spacial score (nSPS) is 12.1. The zero-order valence-corrected chi connectivity index (χ0v) is 12.5. The molecule has 2 rings (SSSR count). The Hall–Kier alpha value is -1.90. The number of hydrogen-bond acceptors (Lipinski definition) is 2. The van der Waals surface area contributed by atoms with E-state index in [9.17, 15) is 4.79 Å². The molecule has 1 aromatic heterocycles. The second kappa shape index (κ2) is 6.51. The maximum Gasteiger partial charge on any atom is 0.261 e. The monoisotopic (exact) mass is 270 g/mol. The highest BCUT2D eigenvalue weighted by Gasteiger charge is 2.11. The SMILES string of the molecule is CCC/C=C(/CCC)c1nc2ccccc2c(=O)n1C. The van der Waals surface area contributed by atoms with Gasteiger partial charge < -0.3 is 0 Å². The summed E-state index contributed by atoms with van der Waals surface area (Å²) in [6, 6.07) is 7.55. The Morgan fingerprint density at radius 2 is 2.00 bits per heavy atom. The molecule has 0 saturated heterocycles. The van der Waals surface area contributed by atoms with Gasteiger partial charge in [-0.2, -0.15) is 0 Å². The summed E-state index contributed by atoms with van der Waals surface area (Å²) in [5.41, 5.74) is 1.99. The van der Waals surface area contributed by atoms with Crippen LogP contribution in [0.4, 0.5) is 0 Å². The highest BCUT2D eigenvalue weighted by atomic mass is 16.1. The van der Waals surface area contributed by atoms with Crippen molar-refractivity contribution in [2.45, 2.75) is 39.5 Å². The van der Waals surface area contributed by atoms with Crippen molar-refractivity contribution in [2.75, 3.05) is 0 Å². The van der Waals surface area contributed by atoms with Gasteiger partial charge in [-0.3, -0.25) is 9.36 Å². The second-order valence-electron chi connectivity index (χ2n) is 5.08. The number of fused-ring (bicyclic) bond motifs is 1. The van der Waals surface area contributed by atoms with Crippen molar-refractivity contribution in [1.82, 2.24) is 9.55 Å². The third-order valence-corrected chi connectivity index (χ3v) is 3.47. The molecule has 1 aromatic carbocycles. The fraction of sp³-hybridized carbons (Fsp3) is 0.412. The molecule has 20 heavy (non-hydrogen) atoms. The van der Waals surface area contributed by atoms with Crippen molar-refractivity contribution in [3.05, 3.63) is 46.5 Å². The number of rotatable bonds is 5. The first kappa shape index (κ1) is 14.5. The van der Waals surface area contributed by atoms with Gasteiger partial charge in [0, 0.05) is 7.05 Å². The lowest BCUT2D eigenvalue weighted by Crippen LogP contribution is -2.22. The van der Waals surface area contributed by atoms with E-state index in [2.05, 4.69) is 19.9 Å². The van der Waals surface area contributed by atoms with E-state index in [0.29, 0.717) is 5.39 Å². The Bertz CT molecular complexity index is 683. The number of nitrogens with zero attached hydrogens (tertiary/aromatic N) is 2. The number of unbranched alkanes of at least 4 members (excludes halogenated alkanes) is 1. The van der Waals surface area contributed by atoms with Crippen LogP contribution in [0, 0.1) is 0 Å². The lowest BCUT2D eigenvalue weighted by molar-refractivity contribution is 0.802. The van der Waals surface area contributed by atoms with Gasteiger partial charge in [-0.25, -0.2) is 4.98 Å². The van der Waals surface area contributed by atoms with Gasteiger partial charge in [0.2, 0.25) is 0 Å². The number of para-hydroxylation sites is 1. The largest absolute Gasteiger partial charge is 0.296 e. The quantitative estimate of drug-likeness (QED) is 0.825. The van der Waals surface area contributed by atoms with Crippen molar-refractivity contribution in [2.24, 2.45) is 7.05 Å². The third-order valence-electron chi connectivity index (χ3n) is 3.47. The van der Waals surface area contributed by atoms with E-state index in [1.165, 1.54) is 5.57 Å². The van der Waals surface area contributed by atoms with E-state index in [0.717, 1.165) is 37.0 Å². The van der Waals surface area contributed by atoms with E-state index in [-0.39, 0.29) is 5.56 Å². The lowest BCUT2D eigenvalue weighted by atomic mass is 10.1. The molecule has 0 amide bonds.